The molecule has 0 amide bonds. The molecule has 1 aromatic rings. The van der Waals surface area contributed by atoms with E-state index >= 15 is 0 Å². The van der Waals surface area contributed by atoms with E-state index in [1.54, 1.807) is 5.38 Å². The monoisotopic (exact) mass is 230 g/mol. The molecule has 0 aliphatic rings. The van der Waals surface area contributed by atoms with E-state index in [0.717, 1.165) is 18.4 Å². The zero-order valence-electron chi connectivity index (χ0n) is 7.91. The van der Waals surface area contributed by atoms with Crippen LogP contribution in [-0.4, -0.2) is 35.7 Å². The van der Waals surface area contributed by atoms with Crippen LogP contribution in [-0.2, 0) is 9.53 Å². The van der Waals surface area contributed by atoms with Crippen molar-refractivity contribution in [3.63, 3.8) is 0 Å². The molecule has 0 radical (unpaired) electrons. The van der Waals surface area contributed by atoms with Crippen molar-refractivity contribution in [3.8, 4) is 0 Å². The van der Waals surface area contributed by atoms with Crippen molar-refractivity contribution in [1.82, 2.24) is 0 Å². The first-order chi connectivity index (χ1) is 7.11. The van der Waals surface area contributed by atoms with Gasteiger partial charge in [0.1, 0.15) is 6.10 Å². The number of ether oxygens (including phenoxy) is 1. The Kier molecular flexibility index (Phi) is 3.96. The highest BCUT2D eigenvalue weighted by molar-refractivity contribution is 7.11. The fourth-order valence-corrected chi connectivity index (χ4v) is 1.83. The molecule has 0 aromatic carbocycles. The van der Waals surface area contributed by atoms with Crippen LogP contribution in [0.1, 0.15) is 21.3 Å². The van der Waals surface area contributed by atoms with Crippen molar-refractivity contribution in [2.45, 2.75) is 12.2 Å². The van der Waals surface area contributed by atoms with E-state index < -0.39 is 18.2 Å². The van der Waals surface area contributed by atoms with Gasteiger partial charge in [-0.1, -0.05) is 0 Å². The van der Waals surface area contributed by atoms with E-state index in [2.05, 4.69) is 4.74 Å². The van der Waals surface area contributed by atoms with Crippen molar-refractivity contribution in [3.05, 3.63) is 21.9 Å². The number of esters is 1. The summed E-state index contributed by atoms with van der Waals surface area (Å²) in [5, 5.41) is 20.5. The fraction of sp³-hybridized carbons (Fsp3) is 0.333. The number of aliphatic hydroxyl groups is 2. The maximum Gasteiger partial charge on any atom is 0.337 e. The lowest BCUT2D eigenvalue weighted by Gasteiger charge is -2.14. The van der Waals surface area contributed by atoms with Gasteiger partial charge in [-0.2, -0.15) is 0 Å². The normalized spacial score (nSPS) is 14.3. The molecule has 0 fully saturated rings. The van der Waals surface area contributed by atoms with Crippen molar-refractivity contribution < 1.29 is 24.5 Å². The number of methoxy groups -OCH3 is 1. The Labute approximate surface area is 89.9 Å². The van der Waals surface area contributed by atoms with Gasteiger partial charge < -0.3 is 14.9 Å². The summed E-state index contributed by atoms with van der Waals surface area (Å²) in [6.45, 7) is 0. The van der Waals surface area contributed by atoms with Gasteiger partial charge in [-0.15, -0.1) is 11.3 Å². The maximum atomic E-state index is 10.9. The molecule has 5 nitrogen and oxygen atoms in total. The average Bonchev–Trinajstić information content (AvgIpc) is 2.73. The topological polar surface area (TPSA) is 83.8 Å². The summed E-state index contributed by atoms with van der Waals surface area (Å²) >= 11 is 1.12. The highest BCUT2D eigenvalue weighted by Crippen LogP contribution is 2.24. The van der Waals surface area contributed by atoms with Crippen LogP contribution in [0, 0.1) is 0 Å². The highest BCUT2D eigenvalue weighted by Gasteiger charge is 2.28. The first kappa shape index (κ1) is 11.8. The number of rotatable bonds is 4. The first-order valence-corrected chi connectivity index (χ1v) is 4.96. The smallest absolute Gasteiger partial charge is 0.337 e. The van der Waals surface area contributed by atoms with Crippen molar-refractivity contribution >= 4 is 23.6 Å². The zero-order valence-corrected chi connectivity index (χ0v) is 8.73. The SMILES string of the molecule is COC(=O)C(O)C(O)c1ccsc1C=O. The van der Waals surface area contributed by atoms with Crippen LogP contribution >= 0.6 is 11.3 Å². The summed E-state index contributed by atoms with van der Waals surface area (Å²) in [5.41, 5.74) is 0.230. The Hall–Kier alpha value is -1.24. The summed E-state index contributed by atoms with van der Waals surface area (Å²) in [5.74, 6) is -0.939. The predicted octanol–water partition coefficient (Wildman–Crippen LogP) is 0.128. The molecule has 15 heavy (non-hydrogen) atoms. The third-order valence-electron chi connectivity index (χ3n) is 1.89. The molecule has 0 bridgehead atoms. The van der Waals surface area contributed by atoms with Crippen LogP contribution in [0.25, 0.3) is 0 Å². The fourth-order valence-electron chi connectivity index (χ4n) is 1.09. The van der Waals surface area contributed by atoms with Crippen LogP contribution in [0.2, 0.25) is 0 Å². The minimum absolute atomic E-state index is 0.230. The van der Waals surface area contributed by atoms with Crippen LogP contribution in [0.3, 0.4) is 0 Å². The predicted molar refractivity (Wildman–Crippen MR) is 52.7 cm³/mol. The number of aliphatic hydroxyl groups excluding tert-OH is 2. The summed E-state index contributed by atoms with van der Waals surface area (Å²) in [4.78, 5) is 21.8. The van der Waals surface area contributed by atoms with E-state index in [4.69, 9.17) is 0 Å². The largest absolute Gasteiger partial charge is 0.467 e. The minimum Gasteiger partial charge on any atom is -0.467 e. The molecule has 0 saturated heterocycles. The van der Waals surface area contributed by atoms with E-state index in [0.29, 0.717) is 6.29 Å². The molecule has 2 N–H and O–H groups in total. The Morgan fingerprint density at radius 3 is 2.80 bits per heavy atom. The lowest BCUT2D eigenvalue weighted by molar-refractivity contribution is -0.156. The average molecular weight is 230 g/mol. The van der Waals surface area contributed by atoms with E-state index in [9.17, 15) is 19.8 Å². The number of aldehydes is 1. The van der Waals surface area contributed by atoms with Crippen LogP contribution in [0.4, 0.5) is 0 Å². The molecule has 1 rings (SSSR count). The minimum atomic E-state index is -1.68. The van der Waals surface area contributed by atoms with E-state index in [1.807, 2.05) is 0 Å². The second-order valence-corrected chi connectivity index (χ2v) is 3.72. The Morgan fingerprint density at radius 2 is 2.27 bits per heavy atom. The Balaban J connectivity index is 2.88. The molecule has 2 atom stereocenters. The number of hydrogen-bond donors (Lipinski definition) is 2. The van der Waals surface area contributed by atoms with Gasteiger partial charge in [-0.25, -0.2) is 4.79 Å². The Bertz CT molecular complexity index is 359. The van der Waals surface area contributed by atoms with E-state index in [-0.39, 0.29) is 10.4 Å². The molecule has 2 unspecified atom stereocenters. The Morgan fingerprint density at radius 1 is 1.60 bits per heavy atom. The van der Waals surface area contributed by atoms with Gasteiger partial charge in [-0.05, 0) is 11.4 Å². The summed E-state index contributed by atoms with van der Waals surface area (Å²) < 4.78 is 4.27. The summed E-state index contributed by atoms with van der Waals surface area (Å²) in [7, 11) is 1.10. The van der Waals surface area contributed by atoms with E-state index in [1.165, 1.54) is 6.07 Å². The third-order valence-corrected chi connectivity index (χ3v) is 2.75. The lowest BCUT2D eigenvalue weighted by atomic mass is 10.1. The lowest BCUT2D eigenvalue weighted by Crippen LogP contribution is -2.29. The molecular weight excluding hydrogens is 220 g/mol. The van der Waals surface area contributed by atoms with Crippen LogP contribution in [0.15, 0.2) is 11.4 Å². The maximum absolute atomic E-state index is 10.9. The molecular formula is C9H10O5S. The quantitative estimate of drug-likeness (QED) is 0.567. The molecule has 1 heterocycles. The van der Waals surface area contributed by atoms with Gasteiger partial charge in [-0.3, -0.25) is 4.79 Å². The molecule has 0 aliphatic carbocycles. The third kappa shape index (κ3) is 2.41. The van der Waals surface area contributed by atoms with Gasteiger partial charge in [0.15, 0.2) is 12.4 Å². The summed E-state index contributed by atoms with van der Waals surface area (Å²) in [6.07, 6.45) is -2.56. The van der Waals surface area contributed by atoms with Gasteiger partial charge in [0, 0.05) is 5.56 Å². The number of thiophene rings is 1. The molecule has 82 valence electrons. The molecule has 0 spiro atoms. The zero-order chi connectivity index (χ0) is 11.4. The van der Waals surface area contributed by atoms with Crippen molar-refractivity contribution in [2.75, 3.05) is 7.11 Å². The number of carbonyl (C=O) groups is 2. The van der Waals surface area contributed by atoms with Crippen molar-refractivity contribution in [2.24, 2.45) is 0 Å². The van der Waals surface area contributed by atoms with Gasteiger partial charge >= 0.3 is 5.97 Å². The first-order valence-electron chi connectivity index (χ1n) is 4.08. The molecule has 0 saturated carbocycles. The second-order valence-electron chi connectivity index (χ2n) is 2.77. The van der Waals surface area contributed by atoms with Crippen LogP contribution < -0.4 is 0 Å². The molecule has 1 aromatic heterocycles. The van der Waals surface area contributed by atoms with Gasteiger partial charge in [0.2, 0.25) is 0 Å². The molecule has 6 heteroatoms. The second kappa shape index (κ2) is 5.01. The van der Waals surface area contributed by atoms with Crippen molar-refractivity contribution in [1.29, 1.82) is 0 Å². The molecule has 0 aliphatic heterocycles. The standard InChI is InChI=1S/C9H10O5S/c1-14-9(13)8(12)7(11)5-2-3-15-6(5)4-10/h2-4,7-8,11-12H,1H3. The highest BCUT2D eigenvalue weighted by atomic mass is 32.1. The van der Waals surface area contributed by atoms with Gasteiger partial charge in [0.05, 0.1) is 12.0 Å². The van der Waals surface area contributed by atoms with Crippen LogP contribution in [0.5, 0.6) is 0 Å². The number of carbonyl (C=O) groups excluding carboxylic acids is 2. The summed E-state index contributed by atoms with van der Waals surface area (Å²) in [6, 6.07) is 1.48. The number of hydrogen-bond acceptors (Lipinski definition) is 6. The van der Waals surface area contributed by atoms with Gasteiger partial charge in [0.25, 0.3) is 0 Å².